The fraction of sp³-hybridized carbons (Fsp3) is 0.276. The van der Waals surface area contributed by atoms with Gasteiger partial charge in [0, 0.05) is 31.6 Å². The lowest BCUT2D eigenvalue weighted by molar-refractivity contribution is -0.147. The molecule has 1 heterocycles. The van der Waals surface area contributed by atoms with E-state index in [1.54, 1.807) is 42.5 Å². The average Bonchev–Trinajstić information content (AvgIpc) is 3.14. The van der Waals surface area contributed by atoms with Crippen molar-refractivity contribution in [2.75, 3.05) is 28.8 Å². The summed E-state index contributed by atoms with van der Waals surface area (Å²) < 4.78 is 70.2. The molecule has 0 fully saturated rings. The molecule has 0 spiro atoms. The van der Waals surface area contributed by atoms with Gasteiger partial charge in [-0.3, -0.25) is 13.4 Å². The smallest absolute Gasteiger partial charge is 0.303 e. The summed E-state index contributed by atoms with van der Waals surface area (Å²) in [5.41, 5.74) is 0.900. The minimum absolute atomic E-state index is 0.0517. The molecule has 0 N–H and O–H groups in total. The maximum Gasteiger partial charge on any atom is 0.303 e. The van der Waals surface area contributed by atoms with Crippen molar-refractivity contribution in [3.63, 3.8) is 0 Å². The number of sulfonamides is 2. The predicted octanol–water partition coefficient (Wildman–Crippen LogP) is 5.66. The van der Waals surface area contributed by atoms with E-state index in [4.69, 9.17) is 9.47 Å². The van der Waals surface area contributed by atoms with Crippen LogP contribution in [0, 0.1) is 3.57 Å². The first-order valence-electron chi connectivity index (χ1n) is 12.9. The molecule has 0 bridgehead atoms. The van der Waals surface area contributed by atoms with E-state index in [-0.39, 0.29) is 40.0 Å². The van der Waals surface area contributed by atoms with Crippen LogP contribution in [0.1, 0.15) is 37.9 Å². The van der Waals surface area contributed by atoms with E-state index in [0.717, 1.165) is 0 Å². The lowest BCUT2D eigenvalue weighted by Crippen LogP contribution is -2.34. The van der Waals surface area contributed by atoms with E-state index >= 15 is 0 Å². The first kappa shape index (κ1) is 30.8. The lowest BCUT2D eigenvalue weighted by atomic mass is 10.0. The summed E-state index contributed by atoms with van der Waals surface area (Å²) in [6, 6.07) is 17.6. The number of anilines is 2. The zero-order valence-electron chi connectivity index (χ0n) is 22.7. The van der Waals surface area contributed by atoms with E-state index in [2.05, 4.69) is 6.58 Å². The Balaban J connectivity index is 2.03. The quantitative estimate of drug-likeness (QED) is 0.152. The molecule has 4 rings (SSSR count). The first-order valence-corrected chi connectivity index (χ1v) is 16.8. The Labute approximate surface area is 255 Å². The number of ether oxygens (including phenoxy) is 2. The van der Waals surface area contributed by atoms with Gasteiger partial charge in [0.15, 0.2) is 0 Å². The molecule has 0 amide bonds. The van der Waals surface area contributed by atoms with Crippen molar-refractivity contribution in [2.24, 2.45) is 0 Å². The van der Waals surface area contributed by atoms with Gasteiger partial charge in [-0.25, -0.2) is 16.8 Å². The maximum absolute atomic E-state index is 14.0. The number of carbonyl (C=O) groups is 1. The number of esters is 1. The number of nitrogens with zero attached hydrogens (tertiary/aromatic N) is 2. The molecule has 0 aromatic heterocycles. The third-order valence-corrected chi connectivity index (χ3v) is 11.3. The maximum atomic E-state index is 14.0. The highest BCUT2D eigenvalue weighted by Crippen LogP contribution is 2.49. The van der Waals surface area contributed by atoms with Gasteiger partial charge < -0.3 is 9.47 Å². The van der Waals surface area contributed by atoms with Gasteiger partial charge in [0.1, 0.15) is 17.5 Å². The Bertz CT molecular complexity index is 1630. The minimum atomic E-state index is -4.08. The summed E-state index contributed by atoms with van der Waals surface area (Å²) in [5, 5.41) is 0. The molecule has 1 atom stereocenters. The van der Waals surface area contributed by atoms with Crippen LogP contribution in [-0.4, -0.2) is 43.0 Å². The number of fused-ring (bicyclic) bond motifs is 1. The van der Waals surface area contributed by atoms with Gasteiger partial charge in [-0.05, 0) is 66.1 Å². The monoisotopic (exact) mass is 710 g/mol. The van der Waals surface area contributed by atoms with Gasteiger partial charge in [-0.15, -0.1) is 6.58 Å². The average molecular weight is 711 g/mol. The van der Waals surface area contributed by atoms with Crippen LogP contribution in [0.3, 0.4) is 0 Å². The molecular weight excluding hydrogens is 679 g/mol. The molecule has 41 heavy (non-hydrogen) atoms. The van der Waals surface area contributed by atoms with Crippen molar-refractivity contribution in [3.8, 4) is 5.75 Å². The molecule has 12 heteroatoms. The third-order valence-electron chi connectivity index (χ3n) is 6.62. The number of benzene rings is 3. The highest BCUT2D eigenvalue weighted by molar-refractivity contribution is 14.1. The van der Waals surface area contributed by atoms with Crippen molar-refractivity contribution in [3.05, 3.63) is 88.5 Å². The van der Waals surface area contributed by atoms with Crippen LogP contribution in [0.2, 0.25) is 0 Å². The highest BCUT2D eigenvalue weighted by atomic mass is 127. The Kier molecular flexibility index (Phi) is 9.65. The molecular formula is C29H31IN2O7S2. The zero-order valence-corrected chi connectivity index (χ0v) is 26.5. The van der Waals surface area contributed by atoms with E-state index in [9.17, 15) is 21.6 Å². The van der Waals surface area contributed by atoms with Crippen LogP contribution in [-0.2, 0) is 29.6 Å². The first-order chi connectivity index (χ1) is 19.5. The van der Waals surface area contributed by atoms with Crippen molar-refractivity contribution in [1.29, 1.82) is 0 Å². The van der Waals surface area contributed by atoms with Crippen molar-refractivity contribution in [1.82, 2.24) is 0 Å². The summed E-state index contributed by atoms with van der Waals surface area (Å²) in [6.45, 7) is 5.22. The molecule has 1 aliphatic rings. The molecule has 0 saturated carbocycles. The van der Waals surface area contributed by atoms with Crippen molar-refractivity contribution < 1.29 is 31.1 Å². The Morgan fingerprint density at radius 1 is 1.07 bits per heavy atom. The topological polar surface area (TPSA) is 110 Å². The van der Waals surface area contributed by atoms with E-state index < -0.39 is 32.1 Å². The summed E-state index contributed by atoms with van der Waals surface area (Å²) in [6.07, 6.45) is 1.88. The van der Waals surface area contributed by atoms with Crippen LogP contribution in [0.4, 0.5) is 11.4 Å². The molecule has 0 saturated heterocycles. The molecule has 218 valence electrons. The number of rotatable bonds is 10. The summed E-state index contributed by atoms with van der Waals surface area (Å²) in [7, 11) is -6.70. The number of carbonyl (C=O) groups excluding carboxylic acids is 1. The minimum Gasteiger partial charge on any atom is -0.494 e. The fourth-order valence-electron chi connectivity index (χ4n) is 4.77. The SMILES string of the molecule is C=CCCN(c1c(OC)cc2c(c1I)C(OC(C)=O)CCCN2S(=O)(=O)c1ccccc1)S(=O)(=O)c1ccccc1. The molecule has 0 aliphatic carbocycles. The number of halogens is 1. The van der Waals surface area contributed by atoms with Crippen molar-refractivity contribution in [2.45, 2.75) is 42.1 Å². The van der Waals surface area contributed by atoms with Crippen LogP contribution in [0.15, 0.2) is 89.2 Å². The third kappa shape index (κ3) is 6.24. The van der Waals surface area contributed by atoms with Crippen LogP contribution in [0.5, 0.6) is 5.75 Å². The van der Waals surface area contributed by atoms with E-state index in [1.807, 2.05) is 22.6 Å². The molecule has 9 nitrogen and oxygen atoms in total. The Morgan fingerprint density at radius 2 is 1.68 bits per heavy atom. The largest absolute Gasteiger partial charge is 0.494 e. The summed E-state index contributed by atoms with van der Waals surface area (Å²) in [5.74, 6) is -0.373. The number of methoxy groups -OCH3 is 1. The number of hydrogen-bond acceptors (Lipinski definition) is 7. The van der Waals surface area contributed by atoms with Gasteiger partial charge in [0.25, 0.3) is 20.0 Å². The molecule has 1 unspecified atom stereocenters. The van der Waals surface area contributed by atoms with E-state index in [0.29, 0.717) is 28.4 Å². The van der Waals surface area contributed by atoms with Crippen molar-refractivity contribution >= 4 is 60.0 Å². The Morgan fingerprint density at radius 3 is 2.24 bits per heavy atom. The normalized spacial score (nSPS) is 15.4. The molecule has 0 radical (unpaired) electrons. The predicted molar refractivity (Wildman–Crippen MR) is 166 cm³/mol. The standard InChI is InChI=1S/C29H31IN2O7S2/c1-4-5-18-32(41(36,37)23-15-10-7-11-16-23)29-26(38-3)20-24-27(28(29)30)25(39-21(2)33)17-12-19-31(24)40(34,35)22-13-8-6-9-14-22/h4,6-11,13-16,20,25H,1,5,12,17-19H2,2-3H3. The second-order valence-electron chi connectivity index (χ2n) is 9.27. The highest BCUT2D eigenvalue weighted by Gasteiger charge is 2.38. The van der Waals surface area contributed by atoms with Gasteiger partial charge in [0.2, 0.25) is 0 Å². The second kappa shape index (κ2) is 12.8. The molecule has 1 aliphatic heterocycles. The Hall–Kier alpha value is -3.10. The van der Waals surface area contributed by atoms with Crippen LogP contribution in [0.25, 0.3) is 0 Å². The van der Waals surface area contributed by atoms with Crippen LogP contribution < -0.4 is 13.3 Å². The fourth-order valence-corrected chi connectivity index (χ4v) is 9.17. The summed E-state index contributed by atoms with van der Waals surface area (Å²) in [4.78, 5) is 12.4. The van der Waals surface area contributed by atoms with Gasteiger partial charge in [-0.1, -0.05) is 42.5 Å². The van der Waals surface area contributed by atoms with E-state index in [1.165, 1.54) is 53.0 Å². The zero-order chi connectivity index (χ0) is 29.8. The molecule has 3 aromatic carbocycles. The second-order valence-corrected chi connectivity index (χ2v) is 14.1. The van der Waals surface area contributed by atoms with Gasteiger partial charge in [-0.2, -0.15) is 0 Å². The number of hydrogen-bond donors (Lipinski definition) is 0. The van der Waals surface area contributed by atoms with Gasteiger partial charge >= 0.3 is 5.97 Å². The lowest BCUT2D eigenvalue weighted by Gasteiger charge is -2.32. The van der Waals surface area contributed by atoms with Gasteiger partial charge in [0.05, 0.1) is 26.2 Å². The molecule has 3 aromatic rings. The summed E-state index contributed by atoms with van der Waals surface area (Å²) >= 11 is 2.01. The van der Waals surface area contributed by atoms with Crippen LogP contribution >= 0.6 is 22.6 Å².